The monoisotopic (exact) mass is 285 g/mol. The predicted molar refractivity (Wildman–Crippen MR) is 78.3 cm³/mol. The zero-order valence-electron chi connectivity index (χ0n) is 12.4. The van der Waals surface area contributed by atoms with Crippen molar-refractivity contribution in [2.75, 3.05) is 13.1 Å². The zero-order valence-corrected chi connectivity index (χ0v) is 12.4. The van der Waals surface area contributed by atoms with Crippen LogP contribution in [0.4, 0.5) is 0 Å². The highest BCUT2D eigenvalue weighted by atomic mass is 16.2. The Morgan fingerprint density at radius 3 is 2.86 bits per heavy atom. The summed E-state index contributed by atoms with van der Waals surface area (Å²) >= 11 is 0. The first-order valence-corrected chi connectivity index (χ1v) is 7.16. The maximum atomic E-state index is 11.4. The first-order valence-electron chi connectivity index (χ1n) is 7.16. The van der Waals surface area contributed by atoms with Crippen molar-refractivity contribution in [1.29, 1.82) is 0 Å². The lowest BCUT2D eigenvalue weighted by Gasteiger charge is -2.13. The lowest BCUT2D eigenvalue weighted by molar-refractivity contribution is -0.127. The number of carbonyl (C=O) groups excluding carboxylic acids is 1. The highest BCUT2D eigenvalue weighted by Crippen LogP contribution is 2.21. The molecule has 0 saturated carbocycles. The number of rotatable bonds is 3. The van der Waals surface area contributed by atoms with Gasteiger partial charge in [-0.15, -0.1) is 0 Å². The van der Waals surface area contributed by atoms with Crippen LogP contribution in [-0.4, -0.2) is 43.4 Å². The van der Waals surface area contributed by atoms with Gasteiger partial charge in [-0.3, -0.25) is 9.78 Å². The number of carbonyl (C=O) groups is 1. The number of amides is 1. The normalized spacial score (nSPS) is 18.2. The van der Waals surface area contributed by atoms with Crippen molar-refractivity contribution in [2.24, 2.45) is 13.0 Å². The number of hydrogen-bond donors (Lipinski definition) is 0. The van der Waals surface area contributed by atoms with Crippen LogP contribution in [0.25, 0.3) is 11.4 Å². The third kappa shape index (κ3) is 2.94. The van der Waals surface area contributed by atoms with E-state index in [1.807, 2.05) is 22.7 Å². The number of likely N-dealkylation sites (tertiary alicyclic amines) is 1. The topological polar surface area (TPSA) is 63.9 Å². The molecule has 0 radical (unpaired) electrons. The van der Waals surface area contributed by atoms with Crippen molar-refractivity contribution in [1.82, 2.24) is 24.4 Å². The van der Waals surface area contributed by atoms with Crippen LogP contribution < -0.4 is 0 Å². The molecule has 0 bridgehead atoms. The quantitative estimate of drug-likeness (QED) is 0.852. The summed E-state index contributed by atoms with van der Waals surface area (Å²) in [4.78, 5) is 26.4. The van der Waals surface area contributed by atoms with E-state index in [1.54, 1.807) is 25.6 Å². The van der Waals surface area contributed by atoms with Gasteiger partial charge in [0.05, 0.1) is 30.1 Å². The molecule has 6 heteroatoms. The van der Waals surface area contributed by atoms with Crippen LogP contribution in [0.5, 0.6) is 0 Å². The van der Waals surface area contributed by atoms with E-state index >= 15 is 0 Å². The molecular weight excluding hydrogens is 266 g/mol. The molecule has 1 saturated heterocycles. The Bertz CT molecular complexity index is 651. The van der Waals surface area contributed by atoms with Crippen molar-refractivity contribution < 1.29 is 4.79 Å². The Balaban J connectivity index is 1.73. The Hall–Kier alpha value is -2.24. The average molecular weight is 285 g/mol. The fourth-order valence-electron chi connectivity index (χ4n) is 2.81. The first-order chi connectivity index (χ1) is 10.1. The van der Waals surface area contributed by atoms with Gasteiger partial charge in [-0.1, -0.05) is 0 Å². The molecule has 2 aromatic heterocycles. The highest BCUT2D eigenvalue weighted by Gasteiger charge is 2.24. The van der Waals surface area contributed by atoms with Gasteiger partial charge in [-0.05, 0) is 18.8 Å². The number of aromatic nitrogens is 4. The van der Waals surface area contributed by atoms with Crippen molar-refractivity contribution in [2.45, 2.75) is 19.8 Å². The van der Waals surface area contributed by atoms with Gasteiger partial charge in [-0.2, -0.15) is 0 Å². The van der Waals surface area contributed by atoms with Gasteiger partial charge in [0, 0.05) is 33.3 Å². The van der Waals surface area contributed by atoms with E-state index < -0.39 is 0 Å². The summed E-state index contributed by atoms with van der Waals surface area (Å²) in [6.45, 7) is 3.31. The molecule has 3 rings (SSSR count). The van der Waals surface area contributed by atoms with Crippen LogP contribution in [-0.2, 0) is 18.3 Å². The van der Waals surface area contributed by atoms with Gasteiger partial charge in [-0.25, -0.2) is 9.97 Å². The maximum absolute atomic E-state index is 11.4. The highest BCUT2D eigenvalue weighted by molar-refractivity contribution is 5.73. The number of nitrogens with zero attached hydrogens (tertiary/aromatic N) is 5. The molecule has 0 N–H and O–H groups in total. The average Bonchev–Trinajstić information content (AvgIpc) is 3.08. The number of hydrogen-bond acceptors (Lipinski definition) is 4. The maximum Gasteiger partial charge on any atom is 0.219 e. The van der Waals surface area contributed by atoms with E-state index in [0.29, 0.717) is 5.92 Å². The second-order valence-electron chi connectivity index (χ2n) is 5.61. The molecule has 1 fully saturated rings. The summed E-state index contributed by atoms with van der Waals surface area (Å²) in [7, 11) is 1.94. The molecule has 6 nitrogen and oxygen atoms in total. The Labute approximate surface area is 123 Å². The second-order valence-corrected chi connectivity index (χ2v) is 5.61. The summed E-state index contributed by atoms with van der Waals surface area (Å²) in [6, 6.07) is 0. The largest absolute Gasteiger partial charge is 0.343 e. The van der Waals surface area contributed by atoms with E-state index in [2.05, 4.69) is 15.0 Å². The summed E-state index contributed by atoms with van der Waals surface area (Å²) in [6.07, 6.45) is 9.03. The van der Waals surface area contributed by atoms with E-state index in [9.17, 15) is 4.79 Å². The molecule has 1 aliphatic rings. The van der Waals surface area contributed by atoms with Gasteiger partial charge in [0.1, 0.15) is 5.69 Å². The van der Waals surface area contributed by atoms with Gasteiger partial charge in [0.25, 0.3) is 0 Å². The molecule has 1 amide bonds. The second kappa shape index (κ2) is 5.63. The van der Waals surface area contributed by atoms with Crippen molar-refractivity contribution >= 4 is 5.91 Å². The molecule has 1 atom stereocenters. The fraction of sp³-hybridized carbons (Fsp3) is 0.467. The molecule has 1 aliphatic heterocycles. The van der Waals surface area contributed by atoms with E-state index in [1.165, 1.54) is 0 Å². The molecule has 0 aromatic carbocycles. The molecule has 0 unspecified atom stereocenters. The summed E-state index contributed by atoms with van der Waals surface area (Å²) in [5.41, 5.74) is 2.78. The third-order valence-electron chi connectivity index (χ3n) is 3.99. The minimum absolute atomic E-state index is 0.159. The van der Waals surface area contributed by atoms with Crippen LogP contribution in [0.3, 0.4) is 0 Å². The van der Waals surface area contributed by atoms with Gasteiger partial charge < -0.3 is 9.47 Å². The van der Waals surface area contributed by atoms with E-state index in [-0.39, 0.29) is 5.91 Å². The van der Waals surface area contributed by atoms with Crippen molar-refractivity contribution in [3.8, 4) is 11.4 Å². The summed E-state index contributed by atoms with van der Waals surface area (Å²) < 4.78 is 1.93. The van der Waals surface area contributed by atoms with E-state index in [0.717, 1.165) is 43.0 Å². The Kier molecular flexibility index (Phi) is 3.68. The van der Waals surface area contributed by atoms with Gasteiger partial charge >= 0.3 is 0 Å². The molecular formula is C15H19N5O. The van der Waals surface area contributed by atoms with E-state index in [4.69, 9.17) is 0 Å². The van der Waals surface area contributed by atoms with Crippen molar-refractivity contribution in [3.05, 3.63) is 30.6 Å². The lowest BCUT2D eigenvalue weighted by Crippen LogP contribution is -2.26. The SMILES string of the molecule is CC(=O)N1CC[C@H](Cc2cncc(-c3cncn3C)n2)C1. The number of aryl methyl sites for hydroxylation is 1. The lowest BCUT2D eigenvalue weighted by atomic mass is 10.0. The molecule has 0 aliphatic carbocycles. The Morgan fingerprint density at radius 1 is 1.33 bits per heavy atom. The minimum atomic E-state index is 0.159. The standard InChI is InChI=1S/C15H19N5O/c1-11(21)20-4-3-12(9-20)5-13-6-16-7-14(18-13)15-8-17-10-19(15)2/h6-8,10,12H,3-5,9H2,1-2H3/t12-/m1/s1. The molecule has 110 valence electrons. The number of imidazole rings is 1. The van der Waals surface area contributed by atoms with Crippen LogP contribution in [0, 0.1) is 5.92 Å². The molecule has 0 spiro atoms. The predicted octanol–water partition coefficient (Wildman–Crippen LogP) is 1.29. The molecule has 21 heavy (non-hydrogen) atoms. The third-order valence-corrected chi connectivity index (χ3v) is 3.99. The summed E-state index contributed by atoms with van der Waals surface area (Å²) in [5.74, 6) is 0.636. The smallest absolute Gasteiger partial charge is 0.219 e. The van der Waals surface area contributed by atoms with Gasteiger partial charge in [0.15, 0.2) is 0 Å². The van der Waals surface area contributed by atoms with Crippen molar-refractivity contribution in [3.63, 3.8) is 0 Å². The minimum Gasteiger partial charge on any atom is -0.343 e. The van der Waals surface area contributed by atoms with Crippen LogP contribution in [0.15, 0.2) is 24.9 Å². The molecule has 2 aromatic rings. The zero-order chi connectivity index (χ0) is 14.8. The fourth-order valence-corrected chi connectivity index (χ4v) is 2.81. The van der Waals surface area contributed by atoms with Crippen LogP contribution in [0.2, 0.25) is 0 Å². The Morgan fingerprint density at radius 2 is 2.19 bits per heavy atom. The van der Waals surface area contributed by atoms with Crippen LogP contribution >= 0.6 is 0 Å². The van der Waals surface area contributed by atoms with Gasteiger partial charge in [0.2, 0.25) is 5.91 Å². The molecule has 3 heterocycles. The van der Waals surface area contributed by atoms with Crippen LogP contribution in [0.1, 0.15) is 19.0 Å². The summed E-state index contributed by atoms with van der Waals surface area (Å²) in [5, 5.41) is 0. The first kappa shape index (κ1) is 13.7.